The fourth-order valence-corrected chi connectivity index (χ4v) is 4.81. The van der Waals surface area contributed by atoms with E-state index in [1.165, 1.54) is 0 Å². The van der Waals surface area contributed by atoms with E-state index < -0.39 is 17.5 Å². The van der Waals surface area contributed by atoms with Crippen molar-refractivity contribution in [2.75, 3.05) is 25.1 Å². The summed E-state index contributed by atoms with van der Waals surface area (Å²) in [6, 6.07) is 4.61. The molecule has 8 heteroatoms. The summed E-state index contributed by atoms with van der Waals surface area (Å²) in [5, 5.41) is 5.65. The fourth-order valence-electron chi connectivity index (χ4n) is 4.81. The quantitative estimate of drug-likeness (QED) is 0.536. The summed E-state index contributed by atoms with van der Waals surface area (Å²) in [6.07, 6.45) is 4.08. The zero-order chi connectivity index (χ0) is 24.2. The summed E-state index contributed by atoms with van der Waals surface area (Å²) in [4.78, 5) is 39.5. The number of urea groups is 1. The van der Waals surface area contributed by atoms with Crippen LogP contribution in [0.4, 0.5) is 10.5 Å². The Labute approximate surface area is 196 Å². The molecule has 0 unspecified atom stereocenters. The van der Waals surface area contributed by atoms with Crippen LogP contribution in [0.3, 0.4) is 0 Å². The number of ether oxygens (including phenoxy) is 2. The lowest BCUT2D eigenvalue weighted by molar-refractivity contribution is -0.135. The van der Waals surface area contributed by atoms with Gasteiger partial charge in [-0.05, 0) is 63.0 Å². The van der Waals surface area contributed by atoms with Gasteiger partial charge in [-0.3, -0.25) is 14.5 Å². The molecule has 8 nitrogen and oxygen atoms in total. The number of imide groups is 1. The Balaban J connectivity index is 1.63. The summed E-state index contributed by atoms with van der Waals surface area (Å²) in [6.45, 7) is 11.1. The molecule has 3 rings (SSSR count). The van der Waals surface area contributed by atoms with Crippen LogP contribution >= 0.6 is 0 Å². The summed E-state index contributed by atoms with van der Waals surface area (Å²) in [5.74, 6) is 0.905. The van der Waals surface area contributed by atoms with E-state index in [4.69, 9.17) is 9.47 Å². The van der Waals surface area contributed by atoms with E-state index in [0.717, 1.165) is 24.2 Å². The van der Waals surface area contributed by atoms with E-state index in [-0.39, 0.29) is 17.9 Å². The smallest absolute Gasteiger partial charge is 0.325 e. The number of benzene rings is 1. The lowest BCUT2D eigenvalue weighted by Gasteiger charge is -2.42. The molecule has 1 aromatic rings. The minimum absolute atomic E-state index is 0.213. The number of nitrogens with zero attached hydrogens (tertiary/aromatic N) is 1. The zero-order valence-electron chi connectivity index (χ0n) is 20.5. The van der Waals surface area contributed by atoms with Gasteiger partial charge in [-0.25, -0.2) is 4.79 Å². The van der Waals surface area contributed by atoms with Crippen LogP contribution in [-0.2, 0) is 9.59 Å². The standard InChI is InChI=1S/C25H37N3O5/c1-6-24(4,5)17-11-13-25(14-12-17)22(30)28(23(31)27-25)16-21(29)26-18-9-10-19(32-7-2)20(15-18)33-8-3/h9-10,15,17H,6-8,11-14,16H2,1-5H3,(H,26,29)(H,27,31). The minimum atomic E-state index is -0.876. The van der Waals surface area contributed by atoms with E-state index in [0.29, 0.717) is 49.2 Å². The van der Waals surface area contributed by atoms with Crippen LogP contribution in [0.1, 0.15) is 66.7 Å². The number of carbonyl (C=O) groups is 3. The van der Waals surface area contributed by atoms with Crippen molar-refractivity contribution in [3.63, 3.8) is 0 Å². The van der Waals surface area contributed by atoms with Gasteiger partial charge >= 0.3 is 6.03 Å². The van der Waals surface area contributed by atoms with Gasteiger partial charge in [0, 0.05) is 11.8 Å². The molecule has 0 bridgehead atoms. The van der Waals surface area contributed by atoms with Gasteiger partial charge in [0.1, 0.15) is 12.1 Å². The molecular weight excluding hydrogens is 422 g/mol. The van der Waals surface area contributed by atoms with Crippen molar-refractivity contribution < 1.29 is 23.9 Å². The monoisotopic (exact) mass is 459 g/mol. The highest BCUT2D eigenvalue weighted by atomic mass is 16.5. The van der Waals surface area contributed by atoms with Crippen LogP contribution in [-0.4, -0.2) is 48.0 Å². The van der Waals surface area contributed by atoms with E-state index >= 15 is 0 Å². The maximum absolute atomic E-state index is 13.2. The van der Waals surface area contributed by atoms with E-state index in [1.54, 1.807) is 18.2 Å². The number of nitrogens with one attached hydrogen (secondary N) is 2. The van der Waals surface area contributed by atoms with Gasteiger partial charge in [-0.2, -0.15) is 0 Å². The summed E-state index contributed by atoms with van der Waals surface area (Å²) in [5.41, 5.74) is -0.153. The van der Waals surface area contributed by atoms with Gasteiger partial charge in [0.15, 0.2) is 11.5 Å². The maximum Gasteiger partial charge on any atom is 0.325 e. The van der Waals surface area contributed by atoms with Crippen molar-refractivity contribution in [3.8, 4) is 11.5 Å². The van der Waals surface area contributed by atoms with Crippen LogP contribution < -0.4 is 20.1 Å². The number of carbonyl (C=O) groups excluding carboxylic acids is 3. The molecule has 1 saturated heterocycles. The van der Waals surface area contributed by atoms with Crippen LogP contribution in [0.25, 0.3) is 0 Å². The van der Waals surface area contributed by atoms with Crippen molar-refractivity contribution in [2.24, 2.45) is 11.3 Å². The lowest BCUT2D eigenvalue weighted by Crippen LogP contribution is -2.51. The molecule has 4 amide bonds. The molecule has 0 radical (unpaired) electrons. The highest BCUT2D eigenvalue weighted by Crippen LogP contribution is 2.45. The highest BCUT2D eigenvalue weighted by Gasteiger charge is 2.53. The molecule has 1 aromatic carbocycles. The van der Waals surface area contributed by atoms with Crippen molar-refractivity contribution in [2.45, 2.75) is 72.3 Å². The van der Waals surface area contributed by atoms with Gasteiger partial charge < -0.3 is 20.1 Å². The topological polar surface area (TPSA) is 97.0 Å². The molecule has 2 N–H and O–H groups in total. The second kappa shape index (κ2) is 10.0. The summed E-state index contributed by atoms with van der Waals surface area (Å²) >= 11 is 0. The highest BCUT2D eigenvalue weighted by molar-refractivity contribution is 6.10. The number of hydrogen-bond acceptors (Lipinski definition) is 5. The molecule has 1 aliphatic heterocycles. The third-order valence-corrected chi connectivity index (χ3v) is 7.23. The van der Waals surface area contributed by atoms with Gasteiger partial charge in [-0.15, -0.1) is 0 Å². The Morgan fingerprint density at radius 1 is 1.12 bits per heavy atom. The predicted octanol–water partition coefficient (Wildman–Crippen LogP) is 4.34. The van der Waals surface area contributed by atoms with E-state index in [9.17, 15) is 14.4 Å². The second-order valence-corrected chi connectivity index (χ2v) is 9.60. The Kier molecular flexibility index (Phi) is 7.55. The maximum atomic E-state index is 13.2. The van der Waals surface area contributed by atoms with Crippen molar-refractivity contribution in [3.05, 3.63) is 18.2 Å². The molecule has 1 saturated carbocycles. The molecule has 2 fully saturated rings. The molecule has 33 heavy (non-hydrogen) atoms. The third kappa shape index (κ3) is 5.25. The summed E-state index contributed by atoms with van der Waals surface area (Å²) < 4.78 is 11.1. The Morgan fingerprint density at radius 2 is 1.76 bits per heavy atom. The van der Waals surface area contributed by atoms with Crippen molar-refractivity contribution in [1.82, 2.24) is 10.2 Å². The first kappa shape index (κ1) is 24.9. The van der Waals surface area contributed by atoms with Gasteiger partial charge in [-0.1, -0.05) is 27.2 Å². The molecule has 182 valence electrons. The fraction of sp³-hybridized carbons (Fsp3) is 0.640. The molecule has 1 heterocycles. The lowest BCUT2D eigenvalue weighted by atomic mass is 9.65. The Bertz CT molecular complexity index is 890. The minimum Gasteiger partial charge on any atom is -0.490 e. The van der Waals surface area contributed by atoms with Crippen molar-refractivity contribution >= 4 is 23.5 Å². The summed E-state index contributed by atoms with van der Waals surface area (Å²) in [7, 11) is 0. The first-order chi connectivity index (χ1) is 15.7. The van der Waals surface area contributed by atoms with Gasteiger partial charge in [0.2, 0.25) is 5.91 Å². The van der Waals surface area contributed by atoms with E-state index in [2.05, 4.69) is 31.4 Å². The first-order valence-electron chi connectivity index (χ1n) is 12.0. The molecule has 0 atom stereocenters. The first-order valence-corrected chi connectivity index (χ1v) is 12.0. The second-order valence-electron chi connectivity index (χ2n) is 9.60. The SMILES string of the molecule is CCOc1ccc(NC(=O)CN2C(=O)NC3(CCC(C(C)(C)CC)CC3)C2=O)cc1OCC. The van der Waals surface area contributed by atoms with Gasteiger partial charge in [0.05, 0.1) is 13.2 Å². The molecule has 0 aromatic heterocycles. The van der Waals surface area contributed by atoms with Crippen LogP contribution in [0.2, 0.25) is 0 Å². The Hall–Kier alpha value is -2.77. The van der Waals surface area contributed by atoms with Crippen molar-refractivity contribution in [1.29, 1.82) is 0 Å². The van der Waals surface area contributed by atoms with E-state index in [1.807, 2.05) is 13.8 Å². The normalized spacial score (nSPS) is 22.9. The third-order valence-electron chi connectivity index (χ3n) is 7.23. The largest absolute Gasteiger partial charge is 0.490 e. The predicted molar refractivity (Wildman–Crippen MR) is 126 cm³/mol. The average Bonchev–Trinajstić information content (AvgIpc) is 3.00. The van der Waals surface area contributed by atoms with Gasteiger partial charge in [0.25, 0.3) is 5.91 Å². The average molecular weight is 460 g/mol. The van der Waals surface area contributed by atoms with Crippen LogP contribution in [0.15, 0.2) is 18.2 Å². The molecule has 1 aliphatic carbocycles. The van der Waals surface area contributed by atoms with Crippen LogP contribution in [0.5, 0.6) is 11.5 Å². The molecule has 2 aliphatic rings. The molecular formula is C25H37N3O5. The number of amides is 4. The van der Waals surface area contributed by atoms with Crippen LogP contribution in [0, 0.1) is 11.3 Å². The Morgan fingerprint density at radius 3 is 2.36 bits per heavy atom. The number of hydrogen-bond donors (Lipinski definition) is 2. The number of rotatable bonds is 9. The number of anilines is 1. The molecule has 1 spiro atoms. The zero-order valence-corrected chi connectivity index (χ0v) is 20.5.